The topological polar surface area (TPSA) is 60.0 Å². The number of hydrogen-bond donors (Lipinski definition) is 2. The Kier molecular flexibility index (Phi) is 4.32. The summed E-state index contributed by atoms with van der Waals surface area (Å²) in [5.41, 5.74) is 7.25. The minimum Gasteiger partial charge on any atom is -0.389 e. The van der Waals surface area contributed by atoms with Gasteiger partial charge in [0.15, 0.2) is 0 Å². The molecule has 0 saturated carbocycles. The lowest BCUT2D eigenvalue weighted by molar-refractivity contribution is -0.123. The third-order valence-corrected chi connectivity index (χ3v) is 3.97. The smallest absolute Gasteiger partial charge is 0.240 e. The average molecular weight is 303 g/mol. The highest BCUT2D eigenvalue weighted by Crippen LogP contribution is 2.18. The van der Waals surface area contributed by atoms with Crippen LogP contribution in [-0.2, 0) is 11.3 Å². The zero-order valence-electron chi connectivity index (χ0n) is 12.6. The second-order valence-corrected chi connectivity index (χ2v) is 6.31. The number of rotatable bonds is 5. The first-order chi connectivity index (χ1) is 9.82. The van der Waals surface area contributed by atoms with E-state index < -0.39 is 0 Å². The largest absolute Gasteiger partial charge is 0.389 e. The van der Waals surface area contributed by atoms with Crippen molar-refractivity contribution >= 4 is 34.0 Å². The highest BCUT2D eigenvalue weighted by molar-refractivity contribution is 7.80. The summed E-state index contributed by atoms with van der Waals surface area (Å²) >= 11 is 5.01. The molecule has 0 aliphatic carbocycles. The minimum atomic E-state index is -0.190. The van der Waals surface area contributed by atoms with Gasteiger partial charge in [-0.15, -0.1) is 0 Å². The first-order valence-electron chi connectivity index (χ1n) is 7.02. The third-order valence-electron chi connectivity index (χ3n) is 3.73. The lowest BCUT2D eigenvalue weighted by atomic mass is 10.0. The summed E-state index contributed by atoms with van der Waals surface area (Å²) in [6, 6.07) is 7.77. The van der Waals surface area contributed by atoms with Crippen molar-refractivity contribution in [1.29, 1.82) is 0 Å². The van der Waals surface area contributed by atoms with Crippen molar-refractivity contribution in [2.75, 3.05) is 0 Å². The fourth-order valence-electron chi connectivity index (χ4n) is 2.14. The van der Waals surface area contributed by atoms with E-state index in [0.717, 1.165) is 22.9 Å². The van der Waals surface area contributed by atoms with Gasteiger partial charge in [-0.2, -0.15) is 0 Å². The molecule has 0 aliphatic rings. The molecule has 2 aromatic rings. The number of nitrogens with one attached hydrogen (secondary N) is 1. The maximum atomic E-state index is 12.2. The number of benzene rings is 1. The van der Waals surface area contributed by atoms with Crippen molar-refractivity contribution in [2.45, 2.75) is 39.3 Å². The minimum absolute atomic E-state index is 0.0000723. The number of carbonyl (C=O) groups is 1. The number of fused-ring (bicyclic) bond motifs is 1. The fourth-order valence-corrected chi connectivity index (χ4v) is 2.26. The molecule has 0 saturated heterocycles. The van der Waals surface area contributed by atoms with Gasteiger partial charge in [0, 0.05) is 22.8 Å². The molecule has 1 aromatic heterocycles. The van der Waals surface area contributed by atoms with Crippen molar-refractivity contribution in [3.8, 4) is 0 Å². The number of carbonyl (C=O) groups excluding carboxylic acids is 1. The van der Waals surface area contributed by atoms with Crippen LogP contribution in [0.3, 0.4) is 0 Å². The van der Waals surface area contributed by atoms with Crippen LogP contribution in [0.4, 0.5) is 0 Å². The maximum Gasteiger partial charge on any atom is 0.240 e. The van der Waals surface area contributed by atoms with E-state index in [1.807, 2.05) is 48.9 Å². The van der Waals surface area contributed by atoms with Crippen molar-refractivity contribution < 1.29 is 4.79 Å². The van der Waals surface area contributed by atoms with E-state index in [1.165, 1.54) is 0 Å². The van der Waals surface area contributed by atoms with E-state index in [9.17, 15) is 4.79 Å². The van der Waals surface area contributed by atoms with Gasteiger partial charge < -0.3 is 15.6 Å². The van der Waals surface area contributed by atoms with Crippen LogP contribution in [0.2, 0.25) is 0 Å². The molecule has 0 aliphatic heterocycles. The first kappa shape index (κ1) is 15.5. The maximum absolute atomic E-state index is 12.2. The van der Waals surface area contributed by atoms with E-state index in [2.05, 4.69) is 12.2 Å². The van der Waals surface area contributed by atoms with Crippen LogP contribution in [0.15, 0.2) is 30.5 Å². The van der Waals surface area contributed by atoms with E-state index in [-0.39, 0.29) is 18.0 Å². The molecule has 0 radical (unpaired) electrons. The van der Waals surface area contributed by atoms with Gasteiger partial charge in [0.25, 0.3) is 0 Å². The van der Waals surface area contributed by atoms with E-state index in [1.54, 1.807) is 0 Å². The number of aromatic nitrogens is 1. The Hall–Kier alpha value is -1.88. The Morgan fingerprint density at radius 3 is 2.71 bits per heavy atom. The van der Waals surface area contributed by atoms with Gasteiger partial charge in [-0.1, -0.05) is 31.3 Å². The molecule has 1 aromatic carbocycles. The summed E-state index contributed by atoms with van der Waals surface area (Å²) in [5, 5.41) is 4.10. The molecule has 0 unspecified atom stereocenters. The van der Waals surface area contributed by atoms with Gasteiger partial charge in [-0.3, -0.25) is 4.79 Å². The summed E-state index contributed by atoms with van der Waals surface area (Å²) < 4.78 is 1.91. The van der Waals surface area contributed by atoms with Gasteiger partial charge in [-0.25, -0.2) is 0 Å². The molecule has 1 amide bonds. The summed E-state index contributed by atoms with van der Waals surface area (Å²) in [7, 11) is 0. The molecule has 0 bridgehead atoms. The monoisotopic (exact) mass is 303 g/mol. The van der Waals surface area contributed by atoms with Crippen molar-refractivity contribution in [3.05, 3.63) is 36.0 Å². The number of hydrogen-bond acceptors (Lipinski definition) is 2. The zero-order valence-corrected chi connectivity index (χ0v) is 13.5. The van der Waals surface area contributed by atoms with Crippen molar-refractivity contribution in [3.63, 3.8) is 0 Å². The molecular weight excluding hydrogens is 282 g/mol. The van der Waals surface area contributed by atoms with Gasteiger partial charge in [0.2, 0.25) is 5.91 Å². The van der Waals surface area contributed by atoms with Gasteiger partial charge >= 0.3 is 0 Å². The van der Waals surface area contributed by atoms with Crippen molar-refractivity contribution in [2.24, 2.45) is 5.73 Å². The Balaban J connectivity index is 2.24. The molecule has 0 fully saturated rings. The number of nitrogens with two attached hydrogens (primary N) is 1. The standard InChI is InChI=1S/C16H21N3OS/c1-4-16(2,3)18-14(20)10-19-8-7-11-5-6-12(15(17)21)9-13(11)19/h5-9H,4,10H2,1-3H3,(H2,17,21)(H,18,20). The molecule has 0 spiro atoms. The SMILES string of the molecule is CCC(C)(C)NC(=O)Cn1ccc2ccc(C(N)=S)cc21. The molecule has 21 heavy (non-hydrogen) atoms. The van der Waals surface area contributed by atoms with Crippen LogP contribution in [0.1, 0.15) is 32.8 Å². The quantitative estimate of drug-likeness (QED) is 0.835. The summed E-state index contributed by atoms with van der Waals surface area (Å²) in [5.74, 6) is 0.0000723. The van der Waals surface area contributed by atoms with Crippen LogP contribution in [-0.4, -0.2) is 21.0 Å². The van der Waals surface area contributed by atoms with E-state index >= 15 is 0 Å². The van der Waals surface area contributed by atoms with Crippen LogP contribution in [0.5, 0.6) is 0 Å². The fraction of sp³-hybridized carbons (Fsp3) is 0.375. The van der Waals surface area contributed by atoms with Crippen LogP contribution < -0.4 is 11.1 Å². The molecular formula is C16H21N3OS. The first-order valence-corrected chi connectivity index (χ1v) is 7.43. The average Bonchev–Trinajstić information content (AvgIpc) is 2.80. The van der Waals surface area contributed by atoms with Crippen LogP contribution in [0, 0.1) is 0 Å². The van der Waals surface area contributed by atoms with Gasteiger partial charge in [-0.05, 0) is 37.8 Å². The summed E-state index contributed by atoms with van der Waals surface area (Å²) in [6.07, 6.45) is 2.79. The highest BCUT2D eigenvalue weighted by atomic mass is 32.1. The predicted octanol–water partition coefficient (Wildman–Crippen LogP) is 2.58. The Labute approximate surface area is 130 Å². The Bertz CT molecular complexity index is 688. The highest BCUT2D eigenvalue weighted by Gasteiger charge is 2.18. The van der Waals surface area contributed by atoms with E-state index in [0.29, 0.717) is 4.99 Å². The zero-order chi connectivity index (χ0) is 15.6. The van der Waals surface area contributed by atoms with Crippen LogP contribution in [0.25, 0.3) is 10.9 Å². The molecule has 112 valence electrons. The van der Waals surface area contributed by atoms with Gasteiger partial charge in [0.05, 0.1) is 0 Å². The van der Waals surface area contributed by atoms with Crippen molar-refractivity contribution in [1.82, 2.24) is 9.88 Å². The second-order valence-electron chi connectivity index (χ2n) is 5.87. The molecule has 5 heteroatoms. The van der Waals surface area contributed by atoms with Crippen LogP contribution >= 0.6 is 12.2 Å². The lowest BCUT2D eigenvalue weighted by Crippen LogP contribution is -2.44. The second kappa shape index (κ2) is 5.85. The molecule has 3 N–H and O–H groups in total. The normalized spacial score (nSPS) is 11.6. The van der Waals surface area contributed by atoms with E-state index in [4.69, 9.17) is 18.0 Å². The molecule has 0 atom stereocenters. The number of thiocarbonyl (C=S) groups is 1. The Morgan fingerprint density at radius 1 is 1.38 bits per heavy atom. The molecule has 2 rings (SSSR count). The third kappa shape index (κ3) is 3.61. The molecule has 1 heterocycles. The number of nitrogens with zero attached hydrogens (tertiary/aromatic N) is 1. The van der Waals surface area contributed by atoms with Gasteiger partial charge in [0.1, 0.15) is 11.5 Å². The predicted molar refractivity (Wildman–Crippen MR) is 90.3 cm³/mol. The summed E-state index contributed by atoms with van der Waals surface area (Å²) in [6.45, 7) is 6.38. The Morgan fingerprint density at radius 2 is 2.10 bits per heavy atom. The number of amides is 1. The lowest BCUT2D eigenvalue weighted by Gasteiger charge is -2.24. The summed E-state index contributed by atoms with van der Waals surface area (Å²) in [4.78, 5) is 12.5. The molecule has 4 nitrogen and oxygen atoms in total.